The number of hydrogen-bond acceptors (Lipinski definition) is 2. The van der Waals surface area contributed by atoms with Crippen LogP contribution in [0.2, 0.25) is 0 Å². The molecule has 1 aromatic carbocycles. The van der Waals surface area contributed by atoms with Crippen molar-refractivity contribution in [2.24, 2.45) is 0 Å². The van der Waals surface area contributed by atoms with Crippen LogP contribution in [0, 0.1) is 5.82 Å². The SMILES string of the molecule is Fc1cc(Br)cc(CSc2ccc(Br)cn2)c1. The largest absolute Gasteiger partial charge is 0.249 e. The Morgan fingerprint density at radius 1 is 1.12 bits per heavy atom. The molecule has 0 atom stereocenters. The van der Waals surface area contributed by atoms with E-state index in [4.69, 9.17) is 0 Å². The second-order valence-corrected chi connectivity index (χ2v) is 6.21. The second kappa shape index (κ2) is 5.98. The van der Waals surface area contributed by atoms with Gasteiger partial charge in [0.1, 0.15) is 5.82 Å². The first kappa shape index (κ1) is 13.1. The highest BCUT2D eigenvalue weighted by molar-refractivity contribution is 9.10. The molecule has 1 aromatic heterocycles. The molecule has 0 unspecified atom stereocenters. The van der Waals surface area contributed by atoms with Gasteiger partial charge in [0.2, 0.25) is 0 Å². The van der Waals surface area contributed by atoms with Gasteiger partial charge in [0.05, 0.1) is 5.03 Å². The maximum atomic E-state index is 13.1. The van der Waals surface area contributed by atoms with E-state index in [2.05, 4.69) is 36.8 Å². The van der Waals surface area contributed by atoms with Gasteiger partial charge in [0, 0.05) is 20.9 Å². The average Bonchev–Trinajstić information content (AvgIpc) is 2.27. The van der Waals surface area contributed by atoms with Crippen LogP contribution in [0.5, 0.6) is 0 Å². The van der Waals surface area contributed by atoms with Crippen molar-refractivity contribution in [2.45, 2.75) is 10.8 Å². The quantitative estimate of drug-likeness (QED) is 0.696. The second-order valence-electron chi connectivity index (χ2n) is 3.38. The number of pyridine rings is 1. The molecule has 2 rings (SSSR count). The highest BCUT2D eigenvalue weighted by Crippen LogP contribution is 2.24. The summed E-state index contributed by atoms with van der Waals surface area (Å²) in [6, 6.07) is 8.78. The van der Waals surface area contributed by atoms with Crippen molar-refractivity contribution >= 4 is 43.6 Å². The zero-order chi connectivity index (χ0) is 12.3. The Morgan fingerprint density at radius 3 is 2.59 bits per heavy atom. The van der Waals surface area contributed by atoms with Crippen molar-refractivity contribution < 1.29 is 4.39 Å². The minimum absolute atomic E-state index is 0.223. The number of aromatic nitrogens is 1. The zero-order valence-corrected chi connectivity index (χ0v) is 12.6. The Kier molecular flexibility index (Phi) is 4.59. The van der Waals surface area contributed by atoms with Crippen LogP contribution in [-0.2, 0) is 5.75 Å². The van der Waals surface area contributed by atoms with Gasteiger partial charge in [-0.3, -0.25) is 0 Å². The summed E-state index contributed by atoms with van der Waals surface area (Å²) in [6.45, 7) is 0. The van der Waals surface area contributed by atoms with Crippen molar-refractivity contribution in [1.82, 2.24) is 4.98 Å². The number of thioether (sulfide) groups is 1. The van der Waals surface area contributed by atoms with E-state index in [0.717, 1.165) is 19.5 Å². The van der Waals surface area contributed by atoms with Gasteiger partial charge in [-0.1, -0.05) is 15.9 Å². The number of hydrogen-bond donors (Lipinski definition) is 0. The smallest absolute Gasteiger partial charge is 0.124 e. The molecule has 0 fully saturated rings. The van der Waals surface area contributed by atoms with E-state index in [1.54, 1.807) is 18.0 Å². The van der Waals surface area contributed by atoms with Crippen molar-refractivity contribution in [2.75, 3.05) is 0 Å². The lowest BCUT2D eigenvalue weighted by Crippen LogP contribution is -1.85. The molecule has 0 amide bonds. The fourth-order valence-electron chi connectivity index (χ4n) is 1.30. The summed E-state index contributed by atoms with van der Waals surface area (Å²) in [6.07, 6.45) is 1.75. The van der Waals surface area contributed by atoms with Gasteiger partial charge < -0.3 is 0 Å². The van der Waals surface area contributed by atoms with Crippen molar-refractivity contribution in [3.05, 3.63) is 56.9 Å². The Bertz CT molecular complexity index is 496. The standard InChI is InChI=1S/C12H8Br2FNS/c13-9-1-2-12(16-6-9)17-7-8-3-10(14)5-11(15)4-8/h1-6H,7H2. The first-order valence-electron chi connectivity index (χ1n) is 4.83. The van der Waals surface area contributed by atoms with Gasteiger partial charge in [-0.05, 0) is 51.8 Å². The molecule has 0 spiro atoms. The van der Waals surface area contributed by atoms with Gasteiger partial charge in [0.25, 0.3) is 0 Å². The Morgan fingerprint density at radius 2 is 1.94 bits per heavy atom. The Hall–Kier alpha value is -0.390. The van der Waals surface area contributed by atoms with E-state index >= 15 is 0 Å². The molecule has 2 aromatic rings. The molecule has 88 valence electrons. The molecule has 1 heterocycles. The van der Waals surface area contributed by atoms with E-state index in [0.29, 0.717) is 5.75 Å². The molecule has 1 nitrogen and oxygen atoms in total. The molecular weight excluding hydrogens is 369 g/mol. The number of rotatable bonds is 3. The summed E-state index contributed by atoms with van der Waals surface area (Å²) in [5, 5.41) is 0.925. The first-order chi connectivity index (χ1) is 8.13. The molecule has 0 aliphatic heterocycles. The van der Waals surface area contributed by atoms with Crippen LogP contribution in [0.25, 0.3) is 0 Å². The van der Waals surface area contributed by atoms with Crippen molar-refractivity contribution in [3.63, 3.8) is 0 Å². The topological polar surface area (TPSA) is 12.9 Å². The zero-order valence-electron chi connectivity index (χ0n) is 8.66. The van der Waals surface area contributed by atoms with E-state index in [9.17, 15) is 4.39 Å². The maximum Gasteiger partial charge on any atom is 0.124 e. The molecular formula is C12H8Br2FNS. The predicted molar refractivity (Wildman–Crippen MR) is 75.6 cm³/mol. The minimum atomic E-state index is -0.223. The third-order valence-corrected chi connectivity index (χ3v) is 3.95. The molecule has 0 radical (unpaired) electrons. The summed E-state index contributed by atoms with van der Waals surface area (Å²) >= 11 is 8.19. The Balaban J connectivity index is 2.04. The monoisotopic (exact) mass is 375 g/mol. The summed E-state index contributed by atoms with van der Waals surface area (Å²) in [4.78, 5) is 4.25. The van der Waals surface area contributed by atoms with Gasteiger partial charge in [-0.25, -0.2) is 9.37 Å². The van der Waals surface area contributed by atoms with Gasteiger partial charge in [-0.2, -0.15) is 0 Å². The lowest BCUT2D eigenvalue weighted by Gasteiger charge is -2.03. The molecule has 0 saturated carbocycles. The molecule has 0 saturated heterocycles. The van der Waals surface area contributed by atoms with Gasteiger partial charge in [-0.15, -0.1) is 11.8 Å². The summed E-state index contributed by atoms with van der Waals surface area (Å²) < 4.78 is 14.9. The average molecular weight is 377 g/mol. The van der Waals surface area contributed by atoms with E-state index in [1.807, 2.05) is 18.2 Å². The van der Waals surface area contributed by atoms with E-state index in [-0.39, 0.29) is 5.82 Å². The highest BCUT2D eigenvalue weighted by atomic mass is 79.9. The first-order valence-corrected chi connectivity index (χ1v) is 7.40. The minimum Gasteiger partial charge on any atom is -0.249 e. The number of benzene rings is 1. The third kappa shape index (κ3) is 4.08. The van der Waals surface area contributed by atoms with Gasteiger partial charge in [0.15, 0.2) is 0 Å². The normalized spacial score (nSPS) is 10.5. The van der Waals surface area contributed by atoms with E-state index < -0.39 is 0 Å². The summed E-state index contributed by atoms with van der Waals surface area (Å²) in [7, 11) is 0. The van der Waals surface area contributed by atoms with Crippen molar-refractivity contribution in [1.29, 1.82) is 0 Å². The fourth-order valence-corrected chi connectivity index (χ4v) is 2.82. The van der Waals surface area contributed by atoms with Crippen LogP contribution >= 0.6 is 43.6 Å². The fraction of sp³-hybridized carbons (Fsp3) is 0.0833. The van der Waals surface area contributed by atoms with Gasteiger partial charge >= 0.3 is 0 Å². The molecule has 5 heteroatoms. The predicted octanol–water partition coefficient (Wildman–Crippen LogP) is 5.04. The molecule has 0 bridgehead atoms. The third-order valence-electron chi connectivity index (χ3n) is 2.01. The maximum absolute atomic E-state index is 13.1. The van der Waals surface area contributed by atoms with E-state index in [1.165, 1.54) is 12.1 Å². The van der Waals surface area contributed by atoms with Crippen LogP contribution in [0.1, 0.15) is 5.56 Å². The molecule has 17 heavy (non-hydrogen) atoms. The number of halogens is 3. The highest BCUT2D eigenvalue weighted by Gasteiger charge is 2.01. The number of nitrogens with zero attached hydrogens (tertiary/aromatic N) is 1. The molecule has 0 aliphatic rings. The summed E-state index contributed by atoms with van der Waals surface area (Å²) in [5.41, 5.74) is 0.937. The van der Waals surface area contributed by atoms with Crippen LogP contribution < -0.4 is 0 Å². The molecule has 0 aliphatic carbocycles. The van der Waals surface area contributed by atoms with Crippen molar-refractivity contribution in [3.8, 4) is 0 Å². The van der Waals surface area contributed by atoms with Crippen LogP contribution in [0.4, 0.5) is 4.39 Å². The Labute approximate surface area is 120 Å². The lowest BCUT2D eigenvalue weighted by molar-refractivity contribution is 0.625. The van der Waals surface area contributed by atoms with Crippen LogP contribution in [0.15, 0.2) is 50.5 Å². The lowest BCUT2D eigenvalue weighted by atomic mass is 10.2. The van der Waals surface area contributed by atoms with Crippen LogP contribution in [-0.4, -0.2) is 4.98 Å². The molecule has 0 N–H and O–H groups in total. The summed E-state index contributed by atoms with van der Waals surface area (Å²) in [5.74, 6) is 0.476. The van der Waals surface area contributed by atoms with Crippen LogP contribution in [0.3, 0.4) is 0 Å².